The molecule has 0 fully saturated rings. The molecule has 4 aromatic rings. The fourth-order valence-electron chi connectivity index (χ4n) is 7.50. The smallest absolute Gasteiger partial charge is 0.306 e. The summed E-state index contributed by atoms with van der Waals surface area (Å²) < 4.78 is 3.58. The van der Waals surface area contributed by atoms with Crippen LogP contribution in [0.1, 0.15) is 42.0 Å². The maximum Gasteiger partial charge on any atom is 0.306 e. The van der Waals surface area contributed by atoms with Crippen molar-refractivity contribution >= 4 is 40.8 Å². The van der Waals surface area contributed by atoms with Gasteiger partial charge in [-0.3, -0.25) is 4.79 Å². The van der Waals surface area contributed by atoms with Crippen molar-refractivity contribution in [2.75, 3.05) is 7.11 Å². The molecule has 0 aromatic heterocycles. The lowest BCUT2D eigenvalue weighted by Gasteiger charge is -2.52. The molecule has 5 heteroatoms. The first-order valence-electron chi connectivity index (χ1n) is 12.8. The lowest BCUT2D eigenvalue weighted by molar-refractivity contribution is -0.142. The first kappa shape index (κ1) is 25.5. The van der Waals surface area contributed by atoms with Crippen LogP contribution >= 0.6 is 34.8 Å². The van der Waals surface area contributed by atoms with Gasteiger partial charge in [-0.2, -0.15) is 0 Å². The first-order chi connectivity index (χ1) is 18.3. The van der Waals surface area contributed by atoms with Gasteiger partial charge in [-0.05, 0) is 50.9 Å². The molecule has 0 saturated heterocycles. The number of esters is 1. The second-order valence-electron chi connectivity index (χ2n) is 10.2. The van der Waals surface area contributed by atoms with Crippen molar-refractivity contribution in [2.45, 2.75) is 34.4 Å². The highest BCUT2D eigenvalue weighted by Gasteiger charge is 2.65. The van der Waals surface area contributed by atoms with Crippen molar-refractivity contribution in [3.8, 4) is 22.3 Å². The second kappa shape index (κ2) is 9.16. The van der Waals surface area contributed by atoms with E-state index < -0.39 is 20.5 Å². The highest BCUT2D eigenvalue weighted by molar-refractivity contribution is 6.68. The third kappa shape index (κ3) is 3.37. The Balaban J connectivity index is 1.79. The largest absolute Gasteiger partial charge is 0.469 e. The molecule has 2 aliphatic carbocycles. The normalized spacial score (nSPS) is 16.7. The minimum Gasteiger partial charge on any atom is -0.469 e. The summed E-state index contributed by atoms with van der Waals surface area (Å²) in [4.78, 5) is 13.4. The molecular weight excluding hydrogens is 535 g/mol. The zero-order valence-electron chi connectivity index (χ0n) is 21.2. The van der Waals surface area contributed by atoms with Gasteiger partial charge in [0.1, 0.15) is 0 Å². The van der Waals surface area contributed by atoms with Crippen LogP contribution in [-0.4, -0.2) is 16.9 Å². The van der Waals surface area contributed by atoms with Crippen LogP contribution in [0.3, 0.4) is 0 Å². The SMILES string of the molecule is CCC1(C(C(Cl)(Cl)Cl)C2(CC(=O)OC)c3ccccc3-c3ccccc32)c2ccccc2-c2ccccc21. The summed E-state index contributed by atoms with van der Waals surface area (Å²) in [6.07, 6.45) is 0.717. The van der Waals surface area contributed by atoms with Crippen molar-refractivity contribution in [3.05, 3.63) is 119 Å². The summed E-state index contributed by atoms with van der Waals surface area (Å²) in [6.45, 7) is 2.15. The molecule has 2 aliphatic rings. The molecule has 6 rings (SSSR count). The Labute approximate surface area is 238 Å². The van der Waals surface area contributed by atoms with Crippen LogP contribution < -0.4 is 0 Å². The summed E-state index contributed by atoms with van der Waals surface area (Å²) in [6, 6.07) is 33.2. The molecule has 0 radical (unpaired) electrons. The molecule has 192 valence electrons. The third-order valence-electron chi connectivity index (χ3n) is 8.73. The summed E-state index contributed by atoms with van der Waals surface area (Å²) in [7, 11) is 1.42. The minimum atomic E-state index is -1.75. The predicted octanol–water partition coefficient (Wildman–Crippen LogP) is 8.88. The molecule has 0 saturated carbocycles. The maximum absolute atomic E-state index is 13.4. The number of carbonyl (C=O) groups is 1. The topological polar surface area (TPSA) is 26.3 Å². The molecule has 4 aromatic carbocycles. The zero-order chi connectivity index (χ0) is 26.7. The highest BCUT2D eigenvalue weighted by Crippen LogP contribution is 2.69. The van der Waals surface area contributed by atoms with Crippen molar-refractivity contribution in [1.82, 2.24) is 0 Å². The van der Waals surface area contributed by atoms with E-state index in [9.17, 15) is 4.79 Å². The number of halogens is 3. The van der Waals surface area contributed by atoms with Gasteiger partial charge in [0, 0.05) is 16.7 Å². The Hall–Kier alpha value is -2.78. The van der Waals surface area contributed by atoms with E-state index in [0.29, 0.717) is 6.42 Å². The Kier molecular flexibility index (Phi) is 6.14. The average Bonchev–Trinajstić information content (AvgIpc) is 3.37. The Morgan fingerprint density at radius 2 is 1.03 bits per heavy atom. The van der Waals surface area contributed by atoms with E-state index in [1.54, 1.807) is 0 Å². The molecule has 0 heterocycles. The van der Waals surface area contributed by atoms with E-state index in [-0.39, 0.29) is 12.4 Å². The van der Waals surface area contributed by atoms with Gasteiger partial charge in [-0.15, -0.1) is 0 Å². The van der Waals surface area contributed by atoms with Gasteiger partial charge in [-0.1, -0.05) is 139 Å². The van der Waals surface area contributed by atoms with E-state index in [1.165, 1.54) is 7.11 Å². The summed E-state index contributed by atoms with van der Waals surface area (Å²) in [5, 5.41) is 0. The summed E-state index contributed by atoms with van der Waals surface area (Å²) >= 11 is 21.6. The van der Waals surface area contributed by atoms with Crippen LogP contribution in [0.2, 0.25) is 0 Å². The van der Waals surface area contributed by atoms with E-state index in [2.05, 4.69) is 67.6 Å². The number of methoxy groups -OCH3 is 1. The molecular formula is C33H27Cl3O2. The van der Waals surface area contributed by atoms with Gasteiger partial charge < -0.3 is 4.74 Å². The number of hydrogen-bond donors (Lipinski definition) is 0. The molecule has 1 atom stereocenters. The van der Waals surface area contributed by atoms with Crippen LogP contribution in [0.5, 0.6) is 0 Å². The standard InChI is InChI=1S/C33H27Cl3O2/c1-3-31(25-16-8-4-12-21(25)22-13-5-9-17-26(22)31)30(33(34,35)36)32(20-29(37)38-2)27-18-10-6-14-23(27)24-15-7-11-19-28(24)32/h4-19,30H,3,20H2,1-2H3. The van der Waals surface area contributed by atoms with Crippen LogP contribution in [-0.2, 0) is 20.4 Å². The molecule has 2 nitrogen and oxygen atoms in total. The lowest BCUT2D eigenvalue weighted by atomic mass is 9.53. The summed E-state index contributed by atoms with van der Waals surface area (Å²) in [5.41, 5.74) is 6.92. The fourth-order valence-corrected chi connectivity index (χ4v) is 8.61. The predicted molar refractivity (Wildman–Crippen MR) is 156 cm³/mol. The van der Waals surface area contributed by atoms with Crippen molar-refractivity contribution in [2.24, 2.45) is 5.92 Å². The third-order valence-corrected chi connectivity index (χ3v) is 9.39. The average molecular weight is 562 g/mol. The van der Waals surface area contributed by atoms with Gasteiger partial charge in [0.05, 0.1) is 13.5 Å². The fraction of sp³-hybridized carbons (Fsp3) is 0.242. The number of ether oxygens (including phenoxy) is 1. The number of carbonyl (C=O) groups excluding carboxylic acids is 1. The quantitative estimate of drug-likeness (QED) is 0.180. The van der Waals surface area contributed by atoms with Gasteiger partial charge in [-0.25, -0.2) is 0 Å². The molecule has 0 bridgehead atoms. The molecule has 0 amide bonds. The van der Waals surface area contributed by atoms with Gasteiger partial charge in [0.15, 0.2) is 3.79 Å². The van der Waals surface area contributed by atoms with E-state index in [0.717, 1.165) is 44.5 Å². The lowest BCUT2D eigenvalue weighted by Crippen LogP contribution is -2.54. The molecule has 38 heavy (non-hydrogen) atoms. The number of rotatable bonds is 5. The number of hydrogen-bond acceptors (Lipinski definition) is 2. The minimum absolute atomic E-state index is 0.0438. The van der Waals surface area contributed by atoms with E-state index >= 15 is 0 Å². The van der Waals surface area contributed by atoms with Crippen LogP contribution in [0.4, 0.5) is 0 Å². The van der Waals surface area contributed by atoms with Gasteiger partial charge >= 0.3 is 5.97 Å². The van der Waals surface area contributed by atoms with Crippen molar-refractivity contribution in [1.29, 1.82) is 0 Å². The van der Waals surface area contributed by atoms with E-state index in [1.807, 2.05) is 36.4 Å². The molecule has 1 unspecified atom stereocenters. The highest BCUT2D eigenvalue weighted by atomic mass is 35.6. The molecule has 0 N–H and O–H groups in total. The maximum atomic E-state index is 13.4. The Morgan fingerprint density at radius 1 is 0.684 bits per heavy atom. The van der Waals surface area contributed by atoms with E-state index in [4.69, 9.17) is 39.5 Å². The Bertz CT molecular complexity index is 1460. The summed E-state index contributed by atoms with van der Waals surface area (Å²) in [5.74, 6) is -0.993. The zero-order valence-corrected chi connectivity index (χ0v) is 23.4. The molecule has 0 aliphatic heterocycles. The van der Waals surface area contributed by atoms with Crippen LogP contribution in [0, 0.1) is 5.92 Å². The first-order valence-corrected chi connectivity index (χ1v) is 14.0. The van der Waals surface area contributed by atoms with Crippen molar-refractivity contribution < 1.29 is 9.53 Å². The number of benzene rings is 4. The van der Waals surface area contributed by atoms with Gasteiger partial charge in [0.25, 0.3) is 0 Å². The number of alkyl halides is 3. The molecule has 0 spiro atoms. The monoisotopic (exact) mass is 560 g/mol. The number of fused-ring (bicyclic) bond motifs is 6. The van der Waals surface area contributed by atoms with Crippen molar-refractivity contribution in [3.63, 3.8) is 0 Å². The second-order valence-corrected chi connectivity index (χ2v) is 12.6. The van der Waals surface area contributed by atoms with Gasteiger partial charge in [0.2, 0.25) is 0 Å². The van der Waals surface area contributed by atoms with Crippen LogP contribution in [0.15, 0.2) is 97.1 Å². The van der Waals surface area contributed by atoms with Crippen LogP contribution in [0.25, 0.3) is 22.3 Å². The Morgan fingerprint density at radius 3 is 1.34 bits per heavy atom.